The molecule has 0 spiro atoms. The van der Waals surface area contributed by atoms with Crippen LogP contribution in [0.25, 0.3) is 0 Å². The van der Waals surface area contributed by atoms with E-state index in [1.807, 2.05) is 30.3 Å². The van der Waals surface area contributed by atoms with Crippen molar-refractivity contribution in [2.45, 2.75) is 31.7 Å². The summed E-state index contributed by atoms with van der Waals surface area (Å²) in [6.07, 6.45) is 2.61. The van der Waals surface area contributed by atoms with Crippen molar-refractivity contribution in [3.63, 3.8) is 0 Å². The van der Waals surface area contributed by atoms with Gasteiger partial charge in [0.25, 0.3) is 0 Å². The largest absolute Gasteiger partial charge is 0.495 e. The molecule has 1 aliphatic carbocycles. The molecule has 1 aromatic carbocycles. The lowest BCUT2D eigenvalue weighted by Gasteiger charge is -2.22. The highest BCUT2D eigenvalue weighted by Crippen LogP contribution is 2.39. The maximum absolute atomic E-state index is 12.9. The SMILES string of the molecule is COc1ccccc1N1C[C@@H](C(=O)N(C)Cc2cc(C3CC3)n[nH]2)CC1=O. The average Bonchev–Trinajstić information content (AvgIpc) is 3.31. The number of aromatic nitrogens is 2. The van der Waals surface area contributed by atoms with Crippen molar-refractivity contribution in [3.8, 4) is 5.75 Å². The number of nitrogens with zero attached hydrogens (tertiary/aromatic N) is 3. The minimum Gasteiger partial charge on any atom is -0.495 e. The predicted octanol–water partition coefficient (Wildman–Crippen LogP) is 2.31. The second kappa shape index (κ2) is 7.06. The van der Waals surface area contributed by atoms with Crippen LogP contribution in [-0.2, 0) is 16.1 Å². The molecule has 1 saturated carbocycles. The highest BCUT2D eigenvalue weighted by Gasteiger charge is 2.37. The molecule has 7 heteroatoms. The van der Waals surface area contributed by atoms with Crippen LogP contribution in [0.1, 0.15) is 36.6 Å². The van der Waals surface area contributed by atoms with Gasteiger partial charge < -0.3 is 14.5 Å². The number of para-hydroxylation sites is 2. The Kier molecular flexibility index (Phi) is 4.59. The number of hydrogen-bond donors (Lipinski definition) is 1. The average molecular weight is 368 g/mol. The van der Waals surface area contributed by atoms with E-state index in [-0.39, 0.29) is 24.2 Å². The van der Waals surface area contributed by atoms with Crippen molar-refractivity contribution < 1.29 is 14.3 Å². The van der Waals surface area contributed by atoms with E-state index >= 15 is 0 Å². The molecule has 0 bridgehead atoms. The third-order valence-electron chi connectivity index (χ3n) is 5.28. The number of rotatable bonds is 6. The van der Waals surface area contributed by atoms with Crippen LogP contribution in [0.4, 0.5) is 5.69 Å². The first-order valence-electron chi connectivity index (χ1n) is 9.29. The molecule has 27 heavy (non-hydrogen) atoms. The van der Waals surface area contributed by atoms with Crippen LogP contribution in [0, 0.1) is 5.92 Å². The minimum absolute atomic E-state index is 0.0247. The Bertz CT molecular complexity index is 858. The summed E-state index contributed by atoms with van der Waals surface area (Å²) in [6, 6.07) is 9.43. The summed E-state index contributed by atoms with van der Waals surface area (Å²) < 4.78 is 5.35. The summed E-state index contributed by atoms with van der Waals surface area (Å²) >= 11 is 0. The van der Waals surface area contributed by atoms with Crippen molar-refractivity contribution in [2.24, 2.45) is 5.92 Å². The zero-order chi connectivity index (χ0) is 19.0. The van der Waals surface area contributed by atoms with Crippen LogP contribution in [0.2, 0.25) is 0 Å². The molecule has 1 aromatic heterocycles. The zero-order valence-electron chi connectivity index (χ0n) is 15.6. The lowest BCUT2D eigenvalue weighted by molar-refractivity contribution is -0.135. The molecule has 7 nitrogen and oxygen atoms in total. The van der Waals surface area contributed by atoms with Crippen molar-refractivity contribution in [1.29, 1.82) is 0 Å². The number of H-pyrrole nitrogens is 1. The second-order valence-electron chi connectivity index (χ2n) is 7.36. The Morgan fingerprint density at radius 2 is 2.15 bits per heavy atom. The topological polar surface area (TPSA) is 78.5 Å². The van der Waals surface area contributed by atoms with Crippen molar-refractivity contribution in [2.75, 3.05) is 25.6 Å². The Labute approximate surface area is 158 Å². The molecule has 1 atom stereocenters. The Balaban J connectivity index is 1.42. The quantitative estimate of drug-likeness (QED) is 0.849. The third-order valence-corrected chi connectivity index (χ3v) is 5.28. The summed E-state index contributed by atoms with van der Waals surface area (Å²) in [7, 11) is 3.35. The van der Waals surface area contributed by atoms with Crippen LogP contribution < -0.4 is 9.64 Å². The third kappa shape index (κ3) is 3.54. The van der Waals surface area contributed by atoms with Gasteiger partial charge in [0.2, 0.25) is 11.8 Å². The summed E-state index contributed by atoms with van der Waals surface area (Å²) in [5, 5.41) is 7.36. The number of hydrogen-bond acceptors (Lipinski definition) is 4. The zero-order valence-corrected chi connectivity index (χ0v) is 15.6. The van der Waals surface area contributed by atoms with E-state index in [9.17, 15) is 9.59 Å². The lowest BCUT2D eigenvalue weighted by atomic mass is 10.1. The van der Waals surface area contributed by atoms with Crippen LogP contribution in [-0.4, -0.2) is 47.6 Å². The number of aromatic amines is 1. The molecule has 1 aliphatic heterocycles. The smallest absolute Gasteiger partial charge is 0.228 e. The van der Waals surface area contributed by atoms with Crippen molar-refractivity contribution in [3.05, 3.63) is 41.7 Å². The number of methoxy groups -OCH3 is 1. The molecule has 1 N–H and O–H groups in total. The van der Waals surface area contributed by atoms with Crippen molar-refractivity contribution >= 4 is 17.5 Å². The number of anilines is 1. The van der Waals surface area contributed by atoms with Crippen LogP contribution in [0.3, 0.4) is 0 Å². The molecule has 2 aromatic rings. The lowest BCUT2D eigenvalue weighted by Crippen LogP contribution is -2.34. The Morgan fingerprint density at radius 3 is 2.89 bits per heavy atom. The minimum atomic E-state index is -0.349. The van der Waals surface area contributed by atoms with E-state index in [1.165, 1.54) is 12.8 Å². The normalized spacial score (nSPS) is 19.4. The number of benzene rings is 1. The molecule has 0 radical (unpaired) electrons. The van der Waals surface area contributed by atoms with Gasteiger partial charge in [-0.3, -0.25) is 14.7 Å². The van der Waals surface area contributed by atoms with E-state index in [4.69, 9.17) is 4.74 Å². The summed E-state index contributed by atoms with van der Waals surface area (Å²) in [4.78, 5) is 28.7. The molecule has 4 rings (SSSR count). The number of carbonyl (C=O) groups is 2. The molecule has 2 amide bonds. The fourth-order valence-electron chi connectivity index (χ4n) is 3.65. The molecule has 142 valence electrons. The van der Waals surface area contributed by atoms with Gasteiger partial charge in [0, 0.05) is 25.9 Å². The maximum atomic E-state index is 12.9. The van der Waals surface area contributed by atoms with E-state index in [0.29, 0.717) is 30.4 Å². The predicted molar refractivity (Wildman–Crippen MR) is 100 cm³/mol. The fraction of sp³-hybridized carbons (Fsp3) is 0.450. The van der Waals surface area contributed by atoms with Gasteiger partial charge >= 0.3 is 0 Å². The van der Waals surface area contributed by atoms with E-state index < -0.39 is 0 Å². The molecule has 1 saturated heterocycles. The van der Waals surface area contributed by atoms with Gasteiger partial charge in [0.1, 0.15) is 5.75 Å². The molecule has 2 heterocycles. The number of ether oxygens (including phenoxy) is 1. The van der Waals surface area contributed by atoms with Crippen molar-refractivity contribution in [1.82, 2.24) is 15.1 Å². The van der Waals surface area contributed by atoms with E-state index in [0.717, 1.165) is 11.4 Å². The summed E-state index contributed by atoms with van der Waals surface area (Å²) in [5.74, 6) is 0.792. The van der Waals surface area contributed by atoms with Gasteiger partial charge in [-0.2, -0.15) is 5.10 Å². The summed E-state index contributed by atoms with van der Waals surface area (Å²) in [5.41, 5.74) is 2.73. The molecule has 0 unspecified atom stereocenters. The van der Waals surface area contributed by atoms with Gasteiger partial charge in [0.05, 0.1) is 36.6 Å². The van der Waals surface area contributed by atoms with E-state index in [1.54, 1.807) is 24.0 Å². The number of carbonyl (C=O) groups excluding carboxylic acids is 2. The highest BCUT2D eigenvalue weighted by molar-refractivity contribution is 6.01. The molecular formula is C20H24N4O3. The van der Waals surface area contributed by atoms with Crippen LogP contribution >= 0.6 is 0 Å². The Morgan fingerprint density at radius 1 is 1.37 bits per heavy atom. The highest BCUT2D eigenvalue weighted by atomic mass is 16.5. The first kappa shape index (κ1) is 17.6. The van der Waals surface area contributed by atoms with Gasteiger partial charge in [-0.1, -0.05) is 12.1 Å². The van der Waals surface area contributed by atoms with Crippen LogP contribution in [0.15, 0.2) is 30.3 Å². The molecule has 2 fully saturated rings. The molecular weight excluding hydrogens is 344 g/mol. The first-order chi connectivity index (χ1) is 13.1. The van der Waals surface area contributed by atoms with E-state index in [2.05, 4.69) is 10.2 Å². The summed E-state index contributed by atoms with van der Waals surface area (Å²) in [6.45, 7) is 0.844. The molecule has 2 aliphatic rings. The van der Waals surface area contributed by atoms with Crippen LogP contribution in [0.5, 0.6) is 5.75 Å². The number of amides is 2. The van der Waals surface area contributed by atoms with Gasteiger partial charge in [-0.25, -0.2) is 0 Å². The Hall–Kier alpha value is -2.83. The number of nitrogens with one attached hydrogen (secondary N) is 1. The first-order valence-corrected chi connectivity index (χ1v) is 9.29. The fourth-order valence-corrected chi connectivity index (χ4v) is 3.65. The standard InChI is InChI=1S/C20H24N4O3/c1-23(12-15-10-16(22-21-15)13-7-8-13)20(26)14-9-19(25)24(11-14)17-5-3-4-6-18(17)27-2/h3-6,10,13-14H,7-9,11-12H2,1-2H3,(H,21,22)/t14-/m0/s1. The maximum Gasteiger partial charge on any atom is 0.228 e. The van der Waals surface area contributed by atoms with Gasteiger partial charge in [-0.15, -0.1) is 0 Å². The van der Waals surface area contributed by atoms with Gasteiger partial charge in [0.15, 0.2) is 0 Å². The van der Waals surface area contributed by atoms with Gasteiger partial charge in [-0.05, 0) is 31.0 Å². The monoisotopic (exact) mass is 368 g/mol. The second-order valence-corrected chi connectivity index (χ2v) is 7.36.